The summed E-state index contributed by atoms with van der Waals surface area (Å²) in [6, 6.07) is 0. The number of aliphatic carboxylic acids is 1. The molecular formula is C10H8F4N4O2. The van der Waals surface area contributed by atoms with E-state index in [-0.39, 0.29) is 5.52 Å². The van der Waals surface area contributed by atoms with Gasteiger partial charge in [-0.25, -0.2) is 19.2 Å². The van der Waals surface area contributed by atoms with Crippen molar-refractivity contribution in [2.75, 3.05) is 12.4 Å². The predicted molar refractivity (Wildman–Crippen MR) is 60.5 cm³/mol. The average Bonchev–Trinajstić information content (AvgIpc) is 2.38. The first kappa shape index (κ1) is 15.5. The van der Waals surface area contributed by atoms with Crippen molar-refractivity contribution in [3.05, 3.63) is 24.5 Å². The summed E-state index contributed by atoms with van der Waals surface area (Å²) in [6.45, 7) is 0. The lowest BCUT2D eigenvalue weighted by atomic mass is 10.3. The van der Waals surface area contributed by atoms with Gasteiger partial charge in [0.05, 0.1) is 11.6 Å². The number of alkyl halides is 3. The van der Waals surface area contributed by atoms with E-state index in [1.807, 2.05) is 0 Å². The first-order valence-corrected chi connectivity index (χ1v) is 4.99. The molecule has 0 fully saturated rings. The second kappa shape index (κ2) is 6.08. The fraction of sp³-hybridized carbons (Fsp3) is 0.200. The van der Waals surface area contributed by atoms with Crippen LogP contribution in [0.2, 0.25) is 0 Å². The zero-order valence-corrected chi connectivity index (χ0v) is 9.94. The van der Waals surface area contributed by atoms with E-state index in [1.165, 1.54) is 12.5 Å². The van der Waals surface area contributed by atoms with Crippen LogP contribution in [0.25, 0.3) is 10.9 Å². The lowest BCUT2D eigenvalue weighted by Crippen LogP contribution is -2.21. The van der Waals surface area contributed by atoms with Crippen LogP contribution in [0, 0.1) is 5.82 Å². The van der Waals surface area contributed by atoms with Crippen LogP contribution in [0.5, 0.6) is 0 Å². The van der Waals surface area contributed by atoms with E-state index < -0.39 is 18.0 Å². The van der Waals surface area contributed by atoms with Crippen LogP contribution < -0.4 is 5.32 Å². The Kier molecular flexibility index (Phi) is 4.73. The van der Waals surface area contributed by atoms with Gasteiger partial charge in [-0.05, 0) is 0 Å². The standard InChI is InChI=1S/C8H7FN4.C2HF3O2/c1-10-8-5-2-11-3-6(9)7(5)12-4-13-8;3-2(4,5)1(6)7/h2-4H,1H3,(H,10,12,13);(H,6,7). The van der Waals surface area contributed by atoms with E-state index in [2.05, 4.69) is 20.3 Å². The molecule has 0 radical (unpaired) electrons. The minimum Gasteiger partial charge on any atom is -0.475 e. The molecule has 0 aliphatic rings. The molecule has 0 saturated heterocycles. The van der Waals surface area contributed by atoms with Gasteiger partial charge in [0.25, 0.3) is 0 Å². The highest BCUT2D eigenvalue weighted by Crippen LogP contribution is 2.18. The van der Waals surface area contributed by atoms with E-state index in [4.69, 9.17) is 9.90 Å². The number of halogens is 4. The van der Waals surface area contributed by atoms with Crippen molar-refractivity contribution in [2.45, 2.75) is 6.18 Å². The molecule has 0 unspecified atom stereocenters. The Morgan fingerprint density at radius 3 is 2.40 bits per heavy atom. The normalized spacial score (nSPS) is 10.7. The van der Waals surface area contributed by atoms with Crippen LogP contribution in [-0.4, -0.2) is 39.3 Å². The minimum absolute atomic E-state index is 0.286. The van der Waals surface area contributed by atoms with Crippen molar-refractivity contribution in [1.29, 1.82) is 0 Å². The highest BCUT2D eigenvalue weighted by atomic mass is 19.4. The van der Waals surface area contributed by atoms with E-state index in [9.17, 15) is 17.6 Å². The Morgan fingerprint density at radius 2 is 1.90 bits per heavy atom. The number of rotatable bonds is 1. The first-order chi connectivity index (χ1) is 9.27. The molecule has 108 valence electrons. The van der Waals surface area contributed by atoms with Gasteiger partial charge in [-0.2, -0.15) is 13.2 Å². The third-order valence-corrected chi connectivity index (χ3v) is 1.98. The van der Waals surface area contributed by atoms with Gasteiger partial charge in [-0.15, -0.1) is 0 Å². The summed E-state index contributed by atoms with van der Waals surface area (Å²) >= 11 is 0. The Labute approximate surface area is 109 Å². The number of hydrogen-bond donors (Lipinski definition) is 2. The molecule has 0 bridgehead atoms. The second-order valence-corrected chi connectivity index (χ2v) is 3.29. The van der Waals surface area contributed by atoms with Gasteiger partial charge >= 0.3 is 12.1 Å². The maximum Gasteiger partial charge on any atom is 0.490 e. The molecule has 6 nitrogen and oxygen atoms in total. The molecule has 2 heterocycles. The van der Waals surface area contributed by atoms with Crippen molar-refractivity contribution < 1.29 is 27.5 Å². The molecule has 0 spiro atoms. The van der Waals surface area contributed by atoms with E-state index >= 15 is 0 Å². The second-order valence-electron chi connectivity index (χ2n) is 3.29. The summed E-state index contributed by atoms with van der Waals surface area (Å²) in [5, 5.41) is 10.6. The fourth-order valence-electron chi connectivity index (χ4n) is 1.15. The predicted octanol–water partition coefficient (Wildman–Crippen LogP) is 1.84. The summed E-state index contributed by atoms with van der Waals surface area (Å²) < 4.78 is 44.9. The zero-order chi connectivity index (χ0) is 15.3. The van der Waals surface area contributed by atoms with Crippen LogP contribution in [0.15, 0.2) is 18.7 Å². The quantitative estimate of drug-likeness (QED) is 0.780. The van der Waals surface area contributed by atoms with Gasteiger partial charge in [0.1, 0.15) is 17.7 Å². The molecule has 0 saturated carbocycles. The van der Waals surface area contributed by atoms with Gasteiger partial charge < -0.3 is 10.4 Å². The Morgan fingerprint density at radius 1 is 1.30 bits per heavy atom. The molecule has 2 aromatic rings. The van der Waals surface area contributed by atoms with E-state index in [0.717, 1.165) is 6.20 Å². The number of carboxylic acid groups (broad SMARTS) is 1. The smallest absolute Gasteiger partial charge is 0.475 e. The molecule has 0 atom stereocenters. The van der Waals surface area contributed by atoms with Gasteiger partial charge in [0, 0.05) is 13.2 Å². The molecule has 2 aromatic heterocycles. The fourth-order valence-corrected chi connectivity index (χ4v) is 1.15. The van der Waals surface area contributed by atoms with Gasteiger partial charge in [0.15, 0.2) is 5.82 Å². The van der Waals surface area contributed by atoms with Crippen molar-refractivity contribution in [3.8, 4) is 0 Å². The lowest BCUT2D eigenvalue weighted by molar-refractivity contribution is -0.192. The monoisotopic (exact) mass is 292 g/mol. The Balaban J connectivity index is 0.000000246. The summed E-state index contributed by atoms with van der Waals surface area (Å²) in [6.07, 6.45) is -1.10. The van der Waals surface area contributed by atoms with Crippen molar-refractivity contribution in [2.24, 2.45) is 0 Å². The number of pyridine rings is 1. The average molecular weight is 292 g/mol. The van der Waals surface area contributed by atoms with Crippen LogP contribution in [0.1, 0.15) is 0 Å². The van der Waals surface area contributed by atoms with E-state index in [1.54, 1.807) is 7.05 Å². The van der Waals surface area contributed by atoms with Gasteiger partial charge in [-0.3, -0.25) is 4.98 Å². The largest absolute Gasteiger partial charge is 0.490 e. The maximum atomic E-state index is 13.1. The molecule has 2 N–H and O–H groups in total. The number of hydrogen-bond acceptors (Lipinski definition) is 5. The molecule has 0 aliphatic heterocycles. The van der Waals surface area contributed by atoms with Crippen LogP contribution in [0.3, 0.4) is 0 Å². The lowest BCUT2D eigenvalue weighted by Gasteiger charge is -2.02. The molecule has 20 heavy (non-hydrogen) atoms. The number of nitrogens with zero attached hydrogens (tertiary/aromatic N) is 3. The topological polar surface area (TPSA) is 88.0 Å². The number of aromatic nitrogens is 3. The van der Waals surface area contributed by atoms with Crippen molar-refractivity contribution in [3.63, 3.8) is 0 Å². The maximum absolute atomic E-state index is 13.1. The third-order valence-electron chi connectivity index (χ3n) is 1.98. The van der Waals surface area contributed by atoms with Gasteiger partial charge in [0.2, 0.25) is 0 Å². The molecule has 0 aromatic carbocycles. The summed E-state index contributed by atoms with van der Waals surface area (Å²) in [5.74, 6) is -2.61. The van der Waals surface area contributed by atoms with Crippen LogP contribution >= 0.6 is 0 Å². The number of carboxylic acids is 1. The Bertz CT molecular complexity index is 618. The number of anilines is 1. The summed E-state index contributed by atoms with van der Waals surface area (Å²) in [4.78, 5) is 20.4. The SMILES string of the molecule is CNc1ncnc2c(F)cncc12.O=C(O)C(F)(F)F. The molecule has 10 heteroatoms. The molecule has 0 amide bonds. The Hall–Kier alpha value is -2.52. The summed E-state index contributed by atoms with van der Waals surface area (Å²) in [7, 11) is 1.71. The molecular weight excluding hydrogens is 284 g/mol. The van der Waals surface area contributed by atoms with E-state index in [0.29, 0.717) is 11.2 Å². The highest BCUT2D eigenvalue weighted by Gasteiger charge is 2.38. The molecule has 0 aliphatic carbocycles. The third kappa shape index (κ3) is 3.73. The summed E-state index contributed by atoms with van der Waals surface area (Å²) in [5.41, 5.74) is 0.286. The molecule has 2 rings (SSSR count). The van der Waals surface area contributed by atoms with Gasteiger partial charge in [-0.1, -0.05) is 0 Å². The van der Waals surface area contributed by atoms with Crippen molar-refractivity contribution in [1.82, 2.24) is 15.0 Å². The first-order valence-electron chi connectivity index (χ1n) is 4.99. The van der Waals surface area contributed by atoms with Crippen molar-refractivity contribution >= 4 is 22.7 Å². The number of nitrogens with one attached hydrogen (secondary N) is 1. The number of carbonyl (C=O) groups is 1. The zero-order valence-electron chi connectivity index (χ0n) is 9.94. The minimum atomic E-state index is -5.08. The van der Waals surface area contributed by atoms with Crippen LogP contribution in [0.4, 0.5) is 23.4 Å². The number of fused-ring (bicyclic) bond motifs is 1. The van der Waals surface area contributed by atoms with Crippen LogP contribution in [-0.2, 0) is 4.79 Å². The highest BCUT2D eigenvalue weighted by molar-refractivity contribution is 5.88.